The Bertz CT molecular complexity index is 1150. The topological polar surface area (TPSA) is 34.0 Å². The average molecular weight is 392 g/mol. The maximum atomic E-state index is 13.0. The van der Waals surface area contributed by atoms with Gasteiger partial charge in [0.1, 0.15) is 5.82 Å². The van der Waals surface area contributed by atoms with Crippen LogP contribution < -0.4 is 5.32 Å². The van der Waals surface area contributed by atoms with E-state index >= 15 is 0 Å². The highest BCUT2D eigenvalue weighted by molar-refractivity contribution is 8.00. The van der Waals surface area contributed by atoms with Crippen molar-refractivity contribution in [1.82, 2.24) is 4.57 Å². The van der Waals surface area contributed by atoms with Crippen molar-refractivity contribution in [3.05, 3.63) is 72.5 Å². The number of aromatic nitrogens is 1. The number of aryl methyl sites for hydroxylation is 1. The standard InChI is InChI=1S/C23H21FN2OS/c1-3-26-21-7-5-4-6-19(21)20-14-17(10-13-22(20)26)25-23(27)15(2)28-18-11-8-16(24)9-12-18/h4-15H,3H2,1-2H3,(H,25,27)/t15-/m1/s1. The van der Waals surface area contributed by atoms with Gasteiger partial charge in [-0.05, 0) is 62.4 Å². The van der Waals surface area contributed by atoms with Gasteiger partial charge in [0.05, 0.1) is 5.25 Å². The third-order valence-electron chi connectivity index (χ3n) is 4.85. The van der Waals surface area contributed by atoms with E-state index in [0.717, 1.165) is 28.0 Å². The second-order valence-corrected chi connectivity index (χ2v) is 8.11. The highest BCUT2D eigenvalue weighted by atomic mass is 32.2. The molecule has 1 atom stereocenters. The summed E-state index contributed by atoms with van der Waals surface area (Å²) >= 11 is 1.41. The number of amides is 1. The van der Waals surface area contributed by atoms with Crippen LogP contribution in [0.5, 0.6) is 0 Å². The summed E-state index contributed by atoms with van der Waals surface area (Å²) < 4.78 is 15.3. The zero-order valence-electron chi connectivity index (χ0n) is 15.8. The van der Waals surface area contributed by atoms with Crippen LogP contribution in [-0.2, 0) is 11.3 Å². The van der Waals surface area contributed by atoms with Crippen LogP contribution in [0.15, 0.2) is 71.6 Å². The minimum atomic E-state index is -0.293. The number of anilines is 1. The molecule has 3 aromatic carbocycles. The monoisotopic (exact) mass is 392 g/mol. The van der Waals surface area contributed by atoms with E-state index < -0.39 is 0 Å². The average Bonchev–Trinajstić information content (AvgIpc) is 3.02. The molecule has 0 saturated heterocycles. The molecule has 3 nitrogen and oxygen atoms in total. The van der Waals surface area contributed by atoms with Crippen molar-refractivity contribution in [2.75, 3.05) is 5.32 Å². The maximum absolute atomic E-state index is 13.0. The van der Waals surface area contributed by atoms with Crippen LogP contribution in [0, 0.1) is 5.82 Å². The molecule has 0 radical (unpaired) electrons. The fourth-order valence-electron chi connectivity index (χ4n) is 3.49. The Balaban J connectivity index is 1.58. The van der Waals surface area contributed by atoms with Crippen LogP contribution in [0.2, 0.25) is 0 Å². The van der Waals surface area contributed by atoms with E-state index in [9.17, 15) is 9.18 Å². The predicted molar refractivity (Wildman–Crippen MR) is 115 cm³/mol. The maximum Gasteiger partial charge on any atom is 0.237 e. The Morgan fingerprint density at radius 3 is 2.50 bits per heavy atom. The molecule has 1 aromatic heterocycles. The van der Waals surface area contributed by atoms with Gasteiger partial charge < -0.3 is 9.88 Å². The quantitative estimate of drug-likeness (QED) is 0.418. The minimum absolute atomic E-state index is 0.0760. The molecule has 4 aromatic rings. The lowest BCUT2D eigenvalue weighted by molar-refractivity contribution is -0.115. The lowest BCUT2D eigenvalue weighted by Gasteiger charge is -2.12. The van der Waals surface area contributed by atoms with Gasteiger partial charge in [-0.25, -0.2) is 4.39 Å². The molecular formula is C23H21FN2OS. The van der Waals surface area contributed by atoms with Gasteiger partial charge >= 0.3 is 0 Å². The molecule has 0 aliphatic carbocycles. The largest absolute Gasteiger partial charge is 0.341 e. The van der Waals surface area contributed by atoms with Gasteiger partial charge in [-0.1, -0.05) is 18.2 Å². The summed E-state index contributed by atoms with van der Waals surface area (Å²) in [4.78, 5) is 13.5. The first-order valence-electron chi connectivity index (χ1n) is 9.31. The minimum Gasteiger partial charge on any atom is -0.341 e. The molecule has 1 amide bonds. The summed E-state index contributed by atoms with van der Waals surface area (Å²) in [5, 5.41) is 5.04. The van der Waals surface area contributed by atoms with Crippen LogP contribution in [0.3, 0.4) is 0 Å². The Hall–Kier alpha value is -2.79. The lowest BCUT2D eigenvalue weighted by Crippen LogP contribution is -2.22. The van der Waals surface area contributed by atoms with E-state index in [1.807, 2.05) is 31.2 Å². The molecule has 0 aliphatic heterocycles. The van der Waals surface area contributed by atoms with E-state index in [4.69, 9.17) is 0 Å². The summed E-state index contributed by atoms with van der Waals surface area (Å²) in [6.45, 7) is 4.88. The van der Waals surface area contributed by atoms with Crippen LogP contribution in [-0.4, -0.2) is 15.7 Å². The van der Waals surface area contributed by atoms with Crippen molar-refractivity contribution < 1.29 is 9.18 Å². The summed E-state index contributed by atoms with van der Waals surface area (Å²) in [6, 6.07) is 20.6. The van der Waals surface area contributed by atoms with E-state index in [2.05, 4.69) is 35.0 Å². The van der Waals surface area contributed by atoms with Crippen LogP contribution in [0.4, 0.5) is 10.1 Å². The summed E-state index contributed by atoms with van der Waals surface area (Å²) in [7, 11) is 0. The predicted octanol–water partition coefficient (Wildman–Crippen LogP) is 6.07. The summed E-state index contributed by atoms with van der Waals surface area (Å²) in [6.07, 6.45) is 0. The number of halogens is 1. The first-order valence-corrected chi connectivity index (χ1v) is 10.2. The number of carbonyl (C=O) groups excluding carboxylic acids is 1. The number of nitrogens with zero attached hydrogens (tertiary/aromatic N) is 1. The molecule has 1 N–H and O–H groups in total. The highest BCUT2D eigenvalue weighted by Crippen LogP contribution is 2.31. The van der Waals surface area contributed by atoms with Gasteiger partial charge in [0.2, 0.25) is 5.91 Å². The molecule has 0 aliphatic rings. The molecule has 0 bridgehead atoms. The van der Waals surface area contributed by atoms with Crippen molar-refractivity contribution in [2.45, 2.75) is 30.5 Å². The van der Waals surface area contributed by atoms with Gasteiger partial charge in [0, 0.05) is 38.9 Å². The van der Waals surface area contributed by atoms with Gasteiger partial charge in [-0.2, -0.15) is 0 Å². The van der Waals surface area contributed by atoms with Gasteiger partial charge in [-0.15, -0.1) is 11.8 Å². The Morgan fingerprint density at radius 1 is 1.04 bits per heavy atom. The van der Waals surface area contributed by atoms with Crippen molar-refractivity contribution in [3.63, 3.8) is 0 Å². The zero-order valence-corrected chi connectivity index (χ0v) is 16.6. The van der Waals surface area contributed by atoms with E-state index in [1.54, 1.807) is 12.1 Å². The molecule has 0 spiro atoms. The van der Waals surface area contributed by atoms with Crippen LogP contribution in [0.25, 0.3) is 21.8 Å². The van der Waals surface area contributed by atoms with E-state index in [0.29, 0.717) is 0 Å². The molecule has 5 heteroatoms. The third kappa shape index (κ3) is 3.50. The van der Waals surface area contributed by atoms with Crippen molar-refractivity contribution in [1.29, 1.82) is 0 Å². The Kier molecular flexibility index (Phi) is 5.09. The first kappa shape index (κ1) is 18.6. The molecule has 1 heterocycles. The van der Waals surface area contributed by atoms with Gasteiger partial charge in [0.15, 0.2) is 0 Å². The second-order valence-electron chi connectivity index (χ2n) is 6.70. The second kappa shape index (κ2) is 7.68. The van der Waals surface area contributed by atoms with Crippen LogP contribution >= 0.6 is 11.8 Å². The lowest BCUT2D eigenvalue weighted by atomic mass is 10.1. The third-order valence-corrected chi connectivity index (χ3v) is 5.96. The zero-order chi connectivity index (χ0) is 19.7. The van der Waals surface area contributed by atoms with Crippen molar-refractivity contribution >= 4 is 45.2 Å². The fourth-order valence-corrected chi connectivity index (χ4v) is 4.35. The van der Waals surface area contributed by atoms with E-state index in [1.165, 1.54) is 34.8 Å². The Labute approximate surface area is 167 Å². The number of benzene rings is 3. The normalized spacial score (nSPS) is 12.4. The summed E-state index contributed by atoms with van der Waals surface area (Å²) in [5.74, 6) is -0.353. The number of para-hydroxylation sites is 1. The number of hydrogen-bond acceptors (Lipinski definition) is 2. The molecule has 0 saturated carbocycles. The molecule has 4 rings (SSSR count). The van der Waals surface area contributed by atoms with Crippen molar-refractivity contribution in [3.8, 4) is 0 Å². The molecule has 28 heavy (non-hydrogen) atoms. The SMILES string of the molecule is CCn1c2ccccc2c2cc(NC(=O)[C@@H](C)Sc3ccc(F)cc3)ccc21. The molecule has 142 valence electrons. The fraction of sp³-hybridized carbons (Fsp3) is 0.174. The Morgan fingerprint density at radius 2 is 1.75 bits per heavy atom. The van der Waals surface area contributed by atoms with Crippen molar-refractivity contribution in [2.24, 2.45) is 0 Å². The number of rotatable bonds is 5. The van der Waals surface area contributed by atoms with Gasteiger partial charge in [0.25, 0.3) is 0 Å². The number of nitrogens with one attached hydrogen (secondary N) is 1. The smallest absolute Gasteiger partial charge is 0.237 e. The first-order chi connectivity index (χ1) is 13.6. The van der Waals surface area contributed by atoms with Crippen LogP contribution in [0.1, 0.15) is 13.8 Å². The number of fused-ring (bicyclic) bond motifs is 3. The molecule has 0 unspecified atom stereocenters. The summed E-state index contributed by atoms with van der Waals surface area (Å²) in [5.41, 5.74) is 3.14. The molecule has 0 fully saturated rings. The van der Waals surface area contributed by atoms with Gasteiger partial charge in [-0.3, -0.25) is 4.79 Å². The van der Waals surface area contributed by atoms with E-state index in [-0.39, 0.29) is 17.0 Å². The number of carbonyl (C=O) groups is 1. The highest BCUT2D eigenvalue weighted by Gasteiger charge is 2.16. The number of hydrogen-bond donors (Lipinski definition) is 1. The molecular weight excluding hydrogens is 371 g/mol. The number of thioether (sulfide) groups is 1.